The van der Waals surface area contributed by atoms with E-state index in [1.54, 1.807) is 11.9 Å². The molecule has 102 valence electrons. The van der Waals surface area contributed by atoms with Gasteiger partial charge in [0.15, 0.2) is 5.69 Å². The number of aromatic nitrogens is 3. The Morgan fingerprint density at radius 1 is 1.40 bits per heavy atom. The number of rotatable bonds is 3. The van der Waals surface area contributed by atoms with E-state index in [1.807, 2.05) is 37.3 Å². The molecule has 0 radical (unpaired) electrons. The molecule has 0 spiro atoms. The molecule has 1 N–H and O–H groups in total. The van der Waals surface area contributed by atoms with Crippen LogP contribution in [0.1, 0.15) is 29.2 Å². The highest BCUT2D eigenvalue weighted by Crippen LogP contribution is 2.27. The molecule has 3 aromatic rings. The van der Waals surface area contributed by atoms with Gasteiger partial charge >= 0.3 is 0 Å². The molecule has 1 aromatic carbocycles. The fourth-order valence-corrected chi connectivity index (χ4v) is 2.06. The van der Waals surface area contributed by atoms with Gasteiger partial charge in [-0.05, 0) is 19.1 Å². The van der Waals surface area contributed by atoms with Crippen LogP contribution in [0, 0.1) is 0 Å². The summed E-state index contributed by atoms with van der Waals surface area (Å²) >= 11 is 0. The molecule has 0 saturated heterocycles. The second-order valence-corrected chi connectivity index (χ2v) is 4.63. The zero-order chi connectivity index (χ0) is 14.1. The molecule has 6 heteroatoms. The van der Waals surface area contributed by atoms with Crippen molar-refractivity contribution >= 4 is 16.9 Å². The van der Waals surface area contributed by atoms with E-state index in [2.05, 4.69) is 15.4 Å². The van der Waals surface area contributed by atoms with Crippen LogP contribution in [0.3, 0.4) is 0 Å². The predicted octanol–water partition coefficient (Wildman–Crippen LogP) is 2.38. The molecule has 0 fully saturated rings. The lowest BCUT2D eigenvalue weighted by atomic mass is 10.2. The Labute approximate surface area is 115 Å². The Kier molecular flexibility index (Phi) is 2.98. The Balaban J connectivity index is 1.87. The average molecular weight is 270 g/mol. The van der Waals surface area contributed by atoms with Gasteiger partial charge in [0, 0.05) is 12.4 Å². The van der Waals surface area contributed by atoms with Gasteiger partial charge in [0.25, 0.3) is 5.91 Å². The lowest BCUT2D eigenvalue weighted by molar-refractivity contribution is 0.0721. The van der Waals surface area contributed by atoms with Crippen molar-refractivity contribution in [3.63, 3.8) is 0 Å². The minimum atomic E-state index is -0.202. The standard InChI is InChI=1S/C14H14N4O2/c1-9(18(2)14(19)11-8-15-17-16-11)13-7-10-5-3-4-6-12(10)20-13/h3-9H,1-2H3,(H,15,16,17). The minimum Gasteiger partial charge on any atom is -0.459 e. The maximum atomic E-state index is 12.2. The predicted molar refractivity (Wildman–Crippen MR) is 73.1 cm³/mol. The Bertz CT molecular complexity index is 700. The smallest absolute Gasteiger partial charge is 0.276 e. The summed E-state index contributed by atoms with van der Waals surface area (Å²) in [5.74, 6) is 0.539. The molecule has 0 aliphatic rings. The normalized spacial score (nSPS) is 12.5. The molecule has 0 bridgehead atoms. The summed E-state index contributed by atoms with van der Waals surface area (Å²) in [5, 5.41) is 10.9. The van der Waals surface area contributed by atoms with Crippen molar-refractivity contribution in [2.24, 2.45) is 0 Å². The third-order valence-corrected chi connectivity index (χ3v) is 3.39. The van der Waals surface area contributed by atoms with Gasteiger partial charge in [-0.25, -0.2) is 0 Å². The van der Waals surface area contributed by atoms with E-state index in [4.69, 9.17) is 4.42 Å². The van der Waals surface area contributed by atoms with Crippen LogP contribution in [0.4, 0.5) is 0 Å². The van der Waals surface area contributed by atoms with Crippen molar-refractivity contribution in [1.82, 2.24) is 20.3 Å². The highest BCUT2D eigenvalue weighted by atomic mass is 16.3. The molecule has 0 saturated carbocycles. The number of benzene rings is 1. The third-order valence-electron chi connectivity index (χ3n) is 3.39. The SMILES string of the molecule is CC(c1cc2ccccc2o1)N(C)C(=O)c1cn[nH]n1. The molecule has 0 aliphatic carbocycles. The minimum absolute atomic E-state index is 0.188. The first-order valence-electron chi connectivity index (χ1n) is 6.28. The van der Waals surface area contributed by atoms with E-state index in [0.29, 0.717) is 0 Å². The summed E-state index contributed by atoms with van der Waals surface area (Å²) in [6, 6.07) is 9.53. The number of hydrogen-bond donors (Lipinski definition) is 1. The Hall–Kier alpha value is -2.63. The first-order valence-corrected chi connectivity index (χ1v) is 6.28. The maximum Gasteiger partial charge on any atom is 0.276 e. The molecule has 1 amide bonds. The molecule has 2 heterocycles. The topological polar surface area (TPSA) is 75.0 Å². The number of para-hydroxylation sites is 1. The zero-order valence-corrected chi connectivity index (χ0v) is 11.2. The fraction of sp³-hybridized carbons (Fsp3) is 0.214. The van der Waals surface area contributed by atoms with Gasteiger partial charge in [0.1, 0.15) is 11.3 Å². The Morgan fingerprint density at radius 2 is 2.20 bits per heavy atom. The largest absolute Gasteiger partial charge is 0.459 e. The zero-order valence-electron chi connectivity index (χ0n) is 11.2. The van der Waals surface area contributed by atoms with Crippen LogP contribution < -0.4 is 0 Å². The van der Waals surface area contributed by atoms with Gasteiger partial charge in [-0.1, -0.05) is 18.2 Å². The summed E-state index contributed by atoms with van der Waals surface area (Å²) in [5.41, 5.74) is 1.10. The number of hydrogen-bond acceptors (Lipinski definition) is 4. The molecule has 3 rings (SSSR count). The molecule has 20 heavy (non-hydrogen) atoms. The second kappa shape index (κ2) is 4.80. The lowest BCUT2D eigenvalue weighted by Crippen LogP contribution is -2.29. The molecule has 1 unspecified atom stereocenters. The molecule has 2 aromatic heterocycles. The van der Waals surface area contributed by atoms with E-state index >= 15 is 0 Å². The monoisotopic (exact) mass is 270 g/mol. The van der Waals surface area contributed by atoms with E-state index in [-0.39, 0.29) is 17.6 Å². The van der Waals surface area contributed by atoms with E-state index in [0.717, 1.165) is 16.7 Å². The van der Waals surface area contributed by atoms with Crippen LogP contribution in [0.25, 0.3) is 11.0 Å². The van der Waals surface area contributed by atoms with Crippen molar-refractivity contribution in [2.45, 2.75) is 13.0 Å². The Morgan fingerprint density at radius 3 is 2.90 bits per heavy atom. The first-order chi connectivity index (χ1) is 9.66. The second-order valence-electron chi connectivity index (χ2n) is 4.63. The average Bonchev–Trinajstić information content (AvgIpc) is 3.13. The van der Waals surface area contributed by atoms with Gasteiger partial charge in [-0.3, -0.25) is 4.79 Å². The highest BCUT2D eigenvalue weighted by molar-refractivity contribution is 5.92. The number of aromatic amines is 1. The van der Waals surface area contributed by atoms with Crippen molar-refractivity contribution in [1.29, 1.82) is 0 Å². The quantitative estimate of drug-likeness (QED) is 0.792. The summed E-state index contributed by atoms with van der Waals surface area (Å²) in [6.45, 7) is 1.91. The van der Waals surface area contributed by atoms with Gasteiger partial charge < -0.3 is 9.32 Å². The summed E-state index contributed by atoms with van der Waals surface area (Å²) in [4.78, 5) is 13.8. The van der Waals surface area contributed by atoms with E-state index in [9.17, 15) is 4.79 Å². The van der Waals surface area contributed by atoms with Crippen molar-refractivity contribution in [3.8, 4) is 0 Å². The molecule has 1 atom stereocenters. The number of fused-ring (bicyclic) bond motifs is 1. The van der Waals surface area contributed by atoms with Crippen LogP contribution in [-0.4, -0.2) is 33.3 Å². The summed E-state index contributed by atoms with van der Waals surface area (Å²) in [6.07, 6.45) is 1.41. The van der Waals surface area contributed by atoms with E-state index < -0.39 is 0 Å². The van der Waals surface area contributed by atoms with E-state index in [1.165, 1.54) is 6.20 Å². The molecular weight excluding hydrogens is 256 g/mol. The number of carbonyl (C=O) groups is 1. The fourth-order valence-electron chi connectivity index (χ4n) is 2.06. The van der Waals surface area contributed by atoms with Gasteiger partial charge in [0.05, 0.1) is 12.2 Å². The first kappa shape index (κ1) is 12.4. The van der Waals surface area contributed by atoms with Crippen molar-refractivity contribution < 1.29 is 9.21 Å². The van der Waals surface area contributed by atoms with Crippen LogP contribution in [-0.2, 0) is 0 Å². The molecule has 6 nitrogen and oxygen atoms in total. The number of furan rings is 1. The van der Waals surface area contributed by atoms with Gasteiger partial charge in [-0.2, -0.15) is 15.4 Å². The van der Waals surface area contributed by atoms with Crippen molar-refractivity contribution in [2.75, 3.05) is 7.05 Å². The lowest BCUT2D eigenvalue weighted by Gasteiger charge is -2.22. The summed E-state index contributed by atoms with van der Waals surface area (Å²) < 4.78 is 5.78. The van der Waals surface area contributed by atoms with Crippen LogP contribution in [0.15, 0.2) is 40.9 Å². The van der Waals surface area contributed by atoms with Crippen LogP contribution >= 0.6 is 0 Å². The number of nitrogens with zero attached hydrogens (tertiary/aromatic N) is 3. The number of amides is 1. The van der Waals surface area contributed by atoms with Gasteiger partial charge in [-0.15, -0.1) is 0 Å². The molecular formula is C14H14N4O2. The third kappa shape index (κ3) is 2.05. The molecule has 0 aliphatic heterocycles. The van der Waals surface area contributed by atoms with Crippen LogP contribution in [0.5, 0.6) is 0 Å². The highest BCUT2D eigenvalue weighted by Gasteiger charge is 2.23. The number of nitrogens with one attached hydrogen (secondary N) is 1. The summed E-state index contributed by atoms with van der Waals surface area (Å²) in [7, 11) is 1.72. The maximum absolute atomic E-state index is 12.2. The van der Waals surface area contributed by atoms with Crippen LogP contribution in [0.2, 0.25) is 0 Å². The van der Waals surface area contributed by atoms with Crippen molar-refractivity contribution in [3.05, 3.63) is 48.0 Å². The number of carbonyl (C=O) groups excluding carboxylic acids is 1. The number of H-pyrrole nitrogens is 1. The van der Waals surface area contributed by atoms with Gasteiger partial charge in [0.2, 0.25) is 0 Å².